The van der Waals surface area contributed by atoms with Crippen molar-refractivity contribution in [3.05, 3.63) is 29.3 Å². The summed E-state index contributed by atoms with van der Waals surface area (Å²) in [7, 11) is 1.44. The van der Waals surface area contributed by atoms with Crippen molar-refractivity contribution in [1.82, 2.24) is 9.80 Å². The number of piperidine rings is 2. The standard InChI is InChI=1S/C21H29N3O3/c1-15-3-4-16-14-20(25)24(19(16)13-15)18-7-9-22(10-8-18)17-5-11-23(12-6-17)21(26)27-2/h3-4,13,17-18H,5-12,14H2,1-2H3. The van der Waals surface area contributed by atoms with Crippen LogP contribution in [0.4, 0.5) is 10.5 Å². The molecule has 0 N–H and O–H groups in total. The number of likely N-dealkylation sites (tertiary alicyclic amines) is 2. The third kappa shape index (κ3) is 3.55. The maximum atomic E-state index is 12.6. The molecule has 1 aromatic rings. The molecule has 146 valence electrons. The highest BCUT2D eigenvalue weighted by Crippen LogP contribution is 2.35. The highest BCUT2D eigenvalue weighted by molar-refractivity contribution is 6.02. The van der Waals surface area contributed by atoms with Crippen molar-refractivity contribution in [2.75, 3.05) is 38.2 Å². The molecule has 6 heteroatoms. The van der Waals surface area contributed by atoms with Gasteiger partial charge in [0.15, 0.2) is 0 Å². The molecule has 0 spiro atoms. The molecule has 6 nitrogen and oxygen atoms in total. The molecule has 0 radical (unpaired) electrons. The third-order valence-electron chi connectivity index (χ3n) is 6.39. The number of hydrogen-bond donors (Lipinski definition) is 0. The van der Waals surface area contributed by atoms with E-state index in [9.17, 15) is 9.59 Å². The van der Waals surface area contributed by atoms with Crippen LogP contribution in [0.2, 0.25) is 0 Å². The van der Waals surface area contributed by atoms with E-state index >= 15 is 0 Å². The highest BCUT2D eigenvalue weighted by Gasteiger charge is 2.36. The molecule has 2 fully saturated rings. The highest BCUT2D eigenvalue weighted by atomic mass is 16.5. The van der Waals surface area contributed by atoms with Gasteiger partial charge in [0.1, 0.15) is 0 Å². The van der Waals surface area contributed by atoms with E-state index in [1.54, 1.807) is 4.90 Å². The number of hydrogen-bond acceptors (Lipinski definition) is 4. The molecule has 0 atom stereocenters. The molecule has 4 rings (SSSR count). The summed E-state index contributed by atoms with van der Waals surface area (Å²) >= 11 is 0. The SMILES string of the molecule is COC(=O)N1CCC(N2CCC(N3C(=O)Cc4ccc(C)cc43)CC2)CC1. The Balaban J connectivity index is 1.34. The molecular weight excluding hydrogens is 342 g/mol. The van der Waals surface area contributed by atoms with Crippen LogP contribution in [-0.4, -0.2) is 67.2 Å². The minimum Gasteiger partial charge on any atom is -0.453 e. The molecule has 0 aliphatic carbocycles. The quantitative estimate of drug-likeness (QED) is 0.802. The number of ether oxygens (including phenoxy) is 1. The Morgan fingerprint density at radius 1 is 1.04 bits per heavy atom. The number of aryl methyl sites for hydroxylation is 1. The fourth-order valence-corrected chi connectivity index (χ4v) is 4.88. The number of rotatable bonds is 2. The Morgan fingerprint density at radius 3 is 2.37 bits per heavy atom. The number of nitrogens with zero attached hydrogens (tertiary/aromatic N) is 3. The Labute approximate surface area is 161 Å². The van der Waals surface area contributed by atoms with Crippen LogP contribution in [0.1, 0.15) is 36.8 Å². The normalized spacial score (nSPS) is 22.2. The van der Waals surface area contributed by atoms with Gasteiger partial charge in [-0.2, -0.15) is 0 Å². The van der Waals surface area contributed by atoms with Gasteiger partial charge in [-0.3, -0.25) is 4.79 Å². The number of benzene rings is 1. The molecule has 0 saturated carbocycles. The van der Waals surface area contributed by atoms with Gasteiger partial charge in [0.2, 0.25) is 5.91 Å². The fraction of sp³-hybridized carbons (Fsp3) is 0.619. The first kappa shape index (κ1) is 18.3. The lowest BCUT2D eigenvalue weighted by molar-refractivity contribution is -0.118. The minimum absolute atomic E-state index is 0.214. The van der Waals surface area contributed by atoms with E-state index in [1.165, 1.54) is 18.2 Å². The van der Waals surface area contributed by atoms with Crippen LogP contribution in [0.5, 0.6) is 0 Å². The van der Waals surface area contributed by atoms with Crippen molar-refractivity contribution in [1.29, 1.82) is 0 Å². The maximum absolute atomic E-state index is 12.6. The predicted molar refractivity (Wildman–Crippen MR) is 104 cm³/mol. The van der Waals surface area contributed by atoms with Crippen molar-refractivity contribution in [2.45, 2.75) is 51.1 Å². The zero-order valence-electron chi connectivity index (χ0n) is 16.3. The van der Waals surface area contributed by atoms with Gasteiger partial charge in [0.25, 0.3) is 0 Å². The second-order valence-corrected chi connectivity index (χ2v) is 8.03. The van der Waals surface area contributed by atoms with E-state index < -0.39 is 0 Å². The zero-order chi connectivity index (χ0) is 19.0. The van der Waals surface area contributed by atoms with E-state index in [2.05, 4.69) is 34.9 Å². The first-order valence-electron chi connectivity index (χ1n) is 10.1. The van der Waals surface area contributed by atoms with Crippen molar-refractivity contribution >= 4 is 17.7 Å². The minimum atomic E-state index is -0.214. The molecule has 3 heterocycles. The molecule has 0 unspecified atom stereocenters. The number of carbonyl (C=O) groups excluding carboxylic acids is 2. The van der Waals surface area contributed by atoms with Crippen molar-refractivity contribution in [3.63, 3.8) is 0 Å². The Hall–Kier alpha value is -2.08. The molecule has 2 saturated heterocycles. The molecule has 1 aromatic carbocycles. The first-order chi connectivity index (χ1) is 13.1. The average Bonchev–Trinajstić information content (AvgIpc) is 3.02. The van der Waals surface area contributed by atoms with Crippen LogP contribution in [0.3, 0.4) is 0 Å². The summed E-state index contributed by atoms with van der Waals surface area (Å²) in [4.78, 5) is 30.7. The van der Waals surface area contributed by atoms with Crippen LogP contribution >= 0.6 is 0 Å². The van der Waals surface area contributed by atoms with Gasteiger partial charge in [-0.05, 0) is 49.8 Å². The van der Waals surface area contributed by atoms with Gasteiger partial charge in [0, 0.05) is 44.0 Å². The van der Waals surface area contributed by atoms with Gasteiger partial charge in [-0.15, -0.1) is 0 Å². The topological polar surface area (TPSA) is 53.1 Å². The maximum Gasteiger partial charge on any atom is 0.409 e. The molecule has 0 bridgehead atoms. The number of fused-ring (bicyclic) bond motifs is 1. The lowest BCUT2D eigenvalue weighted by Gasteiger charge is -2.43. The van der Waals surface area contributed by atoms with E-state index in [-0.39, 0.29) is 12.0 Å². The van der Waals surface area contributed by atoms with Crippen LogP contribution in [0.15, 0.2) is 18.2 Å². The lowest BCUT2D eigenvalue weighted by atomic mass is 9.97. The van der Waals surface area contributed by atoms with Gasteiger partial charge in [-0.25, -0.2) is 4.79 Å². The Kier molecular flexibility index (Phi) is 5.08. The number of methoxy groups -OCH3 is 1. The fourth-order valence-electron chi connectivity index (χ4n) is 4.88. The van der Waals surface area contributed by atoms with Crippen LogP contribution in [-0.2, 0) is 16.0 Å². The zero-order valence-corrected chi connectivity index (χ0v) is 16.3. The average molecular weight is 371 g/mol. The van der Waals surface area contributed by atoms with Gasteiger partial charge in [0.05, 0.1) is 13.5 Å². The Bertz CT molecular complexity index is 719. The predicted octanol–water partition coefficient (Wildman–Crippen LogP) is 2.58. The smallest absolute Gasteiger partial charge is 0.409 e. The van der Waals surface area contributed by atoms with Crippen molar-refractivity contribution in [2.24, 2.45) is 0 Å². The molecule has 2 amide bonds. The second-order valence-electron chi connectivity index (χ2n) is 8.03. The monoisotopic (exact) mass is 371 g/mol. The molecule has 3 aliphatic heterocycles. The Morgan fingerprint density at radius 2 is 1.70 bits per heavy atom. The van der Waals surface area contributed by atoms with Crippen molar-refractivity contribution < 1.29 is 14.3 Å². The summed E-state index contributed by atoms with van der Waals surface area (Å²) in [5, 5.41) is 0. The summed E-state index contributed by atoms with van der Waals surface area (Å²) in [5.41, 5.74) is 3.51. The number of amides is 2. The number of anilines is 1. The van der Waals surface area contributed by atoms with Gasteiger partial charge >= 0.3 is 6.09 Å². The second kappa shape index (κ2) is 7.50. The number of carbonyl (C=O) groups is 2. The van der Waals surface area contributed by atoms with Gasteiger partial charge < -0.3 is 19.4 Å². The molecule has 0 aromatic heterocycles. The summed E-state index contributed by atoms with van der Waals surface area (Å²) in [6, 6.07) is 7.21. The van der Waals surface area contributed by atoms with E-state index in [0.29, 0.717) is 18.5 Å². The summed E-state index contributed by atoms with van der Waals surface area (Å²) in [5.74, 6) is 0.250. The summed E-state index contributed by atoms with van der Waals surface area (Å²) < 4.78 is 4.82. The van der Waals surface area contributed by atoms with E-state index in [4.69, 9.17) is 4.74 Å². The lowest BCUT2D eigenvalue weighted by Crippen LogP contribution is -2.52. The third-order valence-corrected chi connectivity index (χ3v) is 6.39. The summed E-state index contributed by atoms with van der Waals surface area (Å²) in [6.45, 7) is 5.69. The van der Waals surface area contributed by atoms with E-state index in [1.807, 2.05) is 0 Å². The van der Waals surface area contributed by atoms with Gasteiger partial charge in [-0.1, -0.05) is 12.1 Å². The largest absolute Gasteiger partial charge is 0.453 e. The molecule has 3 aliphatic rings. The molecular formula is C21H29N3O3. The molecule has 27 heavy (non-hydrogen) atoms. The summed E-state index contributed by atoms with van der Waals surface area (Å²) in [6.07, 6.45) is 4.39. The van der Waals surface area contributed by atoms with Crippen LogP contribution in [0, 0.1) is 6.92 Å². The first-order valence-corrected chi connectivity index (χ1v) is 10.1. The van der Waals surface area contributed by atoms with Crippen LogP contribution < -0.4 is 4.90 Å². The van der Waals surface area contributed by atoms with Crippen molar-refractivity contribution in [3.8, 4) is 0 Å². The van der Waals surface area contributed by atoms with Crippen LogP contribution in [0.25, 0.3) is 0 Å². The van der Waals surface area contributed by atoms with E-state index in [0.717, 1.165) is 57.5 Å².